The number of nitrogens with zero attached hydrogens (tertiary/aromatic N) is 1. The van der Waals surface area contributed by atoms with Gasteiger partial charge in [-0.05, 0) is 56.2 Å². The van der Waals surface area contributed by atoms with Crippen molar-refractivity contribution in [1.29, 1.82) is 0 Å². The standard InChI is InChI=1S/C24H33NO/c1-22(2,3)17-21(18-13-9-8-10-14-18)26-25-23(4,5)19-15-11-12-16-20(19)24(25,6)7/h8-16,21H,17H2,1-7H3. The van der Waals surface area contributed by atoms with Crippen molar-refractivity contribution >= 4 is 0 Å². The molecule has 0 saturated carbocycles. The molecule has 140 valence electrons. The Hall–Kier alpha value is -1.64. The summed E-state index contributed by atoms with van der Waals surface area (Å²) in [6.45, 7) is 15.9. The van der Waals surface area contributed by atoms with E-state index in [-0.39, 0.29) is 22.6 Å². The molecule has 0 radical (unpaired) electrons. The molecule has 1 aliphatic rings. The molecule has 1 atom stereocenters. The van der Waals surface area contributed by atoms with E-state index in [1.54, 1.807) is 0 Å². The van der Waals surface area contributed by atoms with Gasteiger partial charge >= 0.3 is 0 Å². The number of fused-ring (bicyclic) bond motifs is 1. The molecule has 1 heterocycles. The molecule has 2 heteroatoms. The van der Waals surface area contributed by atoms with E-state index in [1.165, 1.54) is 16.7 Å². The van der Waals surface area contributed by atoms with Crippen molar-refractivity contribution in [2.75, 3.05) is 0 Å². The van der Waals surface area contributed by atoms with Gasteiger partial charge in [-0.2, -0.15) is 5.06 Å². The Morgan fingerprint density at radius 2 is 1.27 bits per heavy atom. The second-order valence-corrected chi connectivity index (χ2v) is 9.73. The number of hydrogen-bond acceptors (Lipinski definition) is 2. The highest BCUT2D eigenvalue weighted by molar-refractivity contribution is 5.42. The van der Waals surface area contributed by atoms with Gasteiger partial charge < -0.3 is 0 Å². The molecule has 3 rings (SSSR count). The lowest BCUT2D eigenvalue weighted by Crippen LogP contribution is -2.46. The molecule has 1 unspecified atom stereocenters. The highest BCUT2D eigenvalue weighted by Crippen LogP contribution is 2.51. The van der Waals surface area contributed by atoms with Gasteiger partial charge in [0.05, 0.1) is 11.1 Å². The van der Waals surface area contributed by atoms with E-state index in [2.05, 4.69) is 108 Å². The maximum absolute atomic E-state index is 6.82. The first-order valence-electron chi connectivity index (χ1n) is 9.65. The van der Waals surface area contributed by atoms with E-state index in [0.717, 1.165) is 6.42 Å². The lowest BCUT2D eigenvalue weighted by molar-refractivity contribution is -0.294. The van der Waals surface area contributed by atoms with Crippen LogP contribution in [0.2, 0.25) is 0 Å². The monoisotopic (exact) mass is 351 g/mol. The highest BCUT2D eigenvalue weighted by Gasteiger charge is 2.51. The lowest BCUT2D eigenvalue weighted by atomic mass is 9.87. The molecule has 0 N–H and O–H groups in total. The summed E-state index contributed by atoms with van der Waals surface area (Å²) in [4.78, 5) is 6.82. The van der Waals surface area contributed by atoms with E-state index < -0.39 is 0 Å². The molecular weight excluding hydrogens is 318 g/mol. The van der Waals surface area contributed by atoms with Crippen LogP contribution in [0.15, 0.2) is 54.6 Å². The minimum absolute atomic E-state index is 0.0315. The molecule has 2 aromatic rings. The van der Waals surface area contributed by atoms with Crippen LogP contribution in [0, 0.1) is 5.41 Å². The maximum Gasteiger partial charge on any atom is 0.105 e. The van der Waals surface area contributed by atoms with Crippen molar-refractivity contribution < 1.29 is 4.84 Å². The molecule has 26 heavy (non-hydrogen) atoms. The van der Waals surface area contributed by atoms with Gasteiger partial charge in [0.1, 0.15) is 6.10 Å². The molecule has 2 aromatic carbocycles. The summed E-state index contributed by atoms with van der Waals surface area (Å²) in [5, 5.41) is 2.23. The van der Waals surface area contributed by atoms with Crippen LogP contribution in [-0.4, -0.2) is 5.06 Å². The van der Waals surface area contributed by atoms with E-state index in [9.17, 15) is 0 Å². The average Bonchev–Trinajstić information content (AvgIpc) is 2.72. The number of benzene rings is 2. The van der Waals surface area contributed by atoms with Crippen LogP contribution in [0.25, 0.3) is 0 Å². The van der Waals surface area contributed by atoms with Crippen molar-refractivity contribution in [3.8, 4) is 0 Å². The quantitative estimate of drug-likeness (QED) is 0.617. The van der Waals surface area contributed by atoms with Crippen molar-refractivity contribution in [1.82, 2.24) is 5.06 Å². The normalized spacial score (nSPS) is 20.0. The summed E-state index contributed by atoms with van der Waals surface area (Å²) < 4.78 is 0. The zero-order valence-electron chi connectivity index (χ0n) is 17.3. The molecule has 0 fully saturated rings. The van der Waals surface area contributed by atoms with Gasteiger partial charge in [0, 0.05) is 0 Å². The number of hydrogen-bond donors (Lipinski definition) is 0. The zero-order chi connectivity index (χ0) is 19.2. The van der Waals surface area contributed by atoms with Crippen LogP contribution in [0.4, 0.5) is 0 Å². The first-order valence-corrected chi connectivity index (χ1v) is 9.65. The molecule has 1 aliphatic heterocycles. The summed E-state index contributed by atoms with van der Waals surface area (Å²) in [6, 6.07) is 19.4. The Morgan fingerprint density at radius 3 is 1.73 bits per heavy atom. The molecular formula is C24H33NO. The Bertz CT molecular complexity index is 720. The average molecular weight is 352 g/mol. The number of rotatable bonds is 4. The fraction of sp³-hybridized carbons (Fsp3) is 0.500. The predicted octanol–water partition coefficient (Wildman–Crippen LogP) is 6.58. The van der Waals surface area contributed by atoms with Gasteiger partial charge in [-0.15, -0.1) is 0 Å². The van der Waals surface area contributed by atoms with E-state index in [0.29, 0.717) is 0 Å². The van der Waals surface area contributed by atoms with Gasteiger partial charge in [-0.3, -0.25) is 4.84 Å². The van der Waals surface area contributed by atoms with Crippen LogP contribution < -0.4 is 0 Å². The smallest absolute Gasteiger partial charge is 0.105 e. The van der Waals surface area contributed by atoms with Crippen LogP contribution in [0.5, 0.6) is 0 Å². The minimum atomic E-state index is -0.176. The largest absolute Gasteiger partial charge is 0.289 e. The Kier molecular flexibility index (Phi) is 4.79. The molecule has 0 amide bonds. The molecule has 0 aliphatic carbocycles. The fourth-order valence-electron chi connectivity index (χ4n) is 4.30. The summed E-state index contributed by atoms with van der Waals surface area (Å²) in [5.41, 5.74) is 3.78. The van der Waals surface area contributed by atoms with Crippen LogP contribution in [0.1, 0.15) is 77.7 Å². The number of hydroxylamine groups is 2. The Balaban J connectivity index is 1.99. The third-order valence-corrected chi connectivity index (χ3v) is 5.46. The van der Waals surface area contributed by atoms with Crippen molar-refractivity contribution in [3.63, 3.8) is 0 Å². The van der Waals surface area contributed by atoms with E-state index in [1.807, 2.05) is 0 Å². The summed E-state index contributed by atoms with van der Waals surface area (Å²) in [6.07, 6.45) is 1.000. The van der Waals surface area contributed by atoms with Gasteiger partial charge in [0.2, 0.25) is 0 Å². The third kappa shape index (κ3) is 3.45. The Morgan fingerprint density at radius 1 is 0.808 bits per heavy atom. The second kappa shape index (κ2) is 6.51. The first-order chi connectivity index (χ1) is 12.0. The second-order valence-electron chi connectivity index (χ2n) is 9.73. The van der Waals surface area contributed by atoms with Gasteiger partial charge in [-0.25, -0.2) is 0 Å². The minimum Gasteiger partial charge on any atom is -0.289 e. The predicted molar refractivity (Wildman–Crippen MR) is 109 cm³/mol. The summed E-state index contributed by atoms with van der Waals surface area (Å²) >= 11 is 0. The zero-order valence-corrected chi connectivity index (χ0v) is 17.3. The Labute approximate surface area is 159 Å². The van der Waals surface area contributed by atoms with Crippen molar-refractivity contribution in [3.05, 3.63) is 71.3 Å². The van der Waals surface area contributed by atoms with Crippen LogP contribution >= 0.6 is 0 Å². The topological polar surface area (TPSA) is 12.5 Å². The molecule has 2 nitrogen and oxygen atoms in total. The first kappa shape index (κ1) is 19.1. The highest BCUT2D eigenvalue weighted by atomic mass is 16.7. The SMILES string of the molecule is CC(C)(C)CC(ON1C(C)(C)c2ccccc2C1(C)C)c1ccccc1. The third-order valence-electron chi connectivity index (χ3n) is 5.46. The molecule has 0 saturated heterocycles. The maximum atomic E-state index is 6.82. The van der Waals surface area contributed by atoms with Gasteiger partial charge in [-0.1, -0.05) is 75.4 Å². The molecule has 0 bridgehead atoms. The van der Waals surface area contributed by atoms with Crippen LogP contribution in [-0.2, 0) is 15.9 Å². The van der Waals surface area contributed by atoms with Crippen molar-refractivity contribution in [2.24, 2.45) is 5.41 Å². The van der Waals surface area contributed by atoms with E-state index >= 15 is 0 Å². The van der Waals surface area contributed by atoms with E-state index in [4.69, 9.17) is 4.84 Å². The van der Waals surface area contributed by atoms with Gasteiger partial charge in [0.25, 0.3) is 0 Å². The lowest BCUT2D eigenvalue weighted by Gasteiger charge is -2.42. The molecule has 0 spiro atoms. The van der Waals surface area contributed by atoms with Gasteiger partial charge in [0.15, 0.2) is 0 Å². The molecule has 0 aromatic heterocycles. The fourth-order valence-corrected chi connectivity index (χ4v) is 4.30. The summed E-state index contributed by atoms with van der Waals surface area (Å²) in [5.74, 6) is 0. The van der Waals surface area contributed by atoms with Crippen LogP contribution in [0.3, 0.4) is 0 Å². The summed E-state index contributed by atoms with van der Waals surface area (Å²) in [7, 11) is 0. The van der Waals surface area contributed by atoms with Crippen molar-refractivity contribution in [2.45, 2.75) is 72.1 Å².